The number of hydrogen-bond donors (Lipinski definition) is 1. The zero-order valence-electron chi connectivity index (χ0n) is 15.9. The van der Waals surface area contributed by atoms with E-state index in [-0.39, 0.29) is 11.9 Å². The van der Waals surface area contributed by atoms with Crippen LogP contribution in [0.15, 0.2) is 18.5 Å². The topological polar surface area (TPSA) is 73.2 Å². The number of rotatable bonds is 6. The highest BCUT2D eigenvalue weighted by molar-refractivity contribution is 7.17. The van der Waals surface area contributed by atoms with Gasteiger partial charge in [0.15, 0.2) is 0 Å². The van der Waals surface area contributed by atoms with Crippen molar-refractivity contribution in [2.75, 3.05) is 11.9 Å². The molecule has 144 valence electrons. The average molecular weight is 388 g/mol. The molecule has 1 unspecified atom stereocenters. The number of nitrogens with zero attached hydrogens (tertiary/aromatic N) is 2. The number of carbonyl (C=O) groups excluding carboxylic acids is 2. The average Bonchev–Trinajstić information content (AvgIpc) is 3.22. The summed E-state index contributed by atoms with van der Waals surface area (Å²) in [5, 5.41) is 7.55. The molecule has 27 heavy (non-hydrogen) atoms. The number of anilines is 1. The highest BCUT2D eigenvalue weighted by Gasteiger charge is 2.29. The fraction of sp³-hybridized carbons (Fsp3) is 0.450. The Bertz CT molecular complexity index is 866. The van der Waals surface area contributed by atoms with E-state index in [1.54, 1.807) is 23.9 Å². The number of ether oxygens (including phenoxy) is 1. The lowest BCUT2D eigenvalue weighted by Crippen LogP contribution is -2.16. The largest absolute Gasteiger partial charge is 0.462 e. The lowest BCUT2D eigenvalue weighted by atomic mass is 9.85. The Kier molecular flexibility index (Phi) is 6.11. The molecular formula is C20H25N3O3S. The van der Waals surface area contributed by atoms with E-state index in [0.29, 0.717) is 23.1 Å². The van der Waals surface area contributed by atoms with Crippen molar-refractivity contribution in [1.29, 1.82) is 0 Å². The van der Waals surface area contributed by atoms with Crippen molar-refractivity contribution in [1.82, 2.24) is 9.78 Å². The van der Waals surface area contributed by atoms with Gasteiger partial charge in [0.05, 0.1) is 18.4 Å². The SMILES string of the molecule is CCOC(=O)c1c(NC(=O)C=Cc2cnn(C)c2)sc2c1CCC(CC)C2. The van der Waals surface area contributed by atoms with Crippen LogP contribution in [0.5, 0.6) is 0 Å². The second-order valence-electron chi connectivity index (χ2n) is 6.72. The van der Waals surface area contributed by atoms with Crippen LogP contribution in [0.2, 0.25) is 0 Å². The summed E-state index contributed by atoms with van der Waals surface area (Å²) in [5.41, 5.74) is 2.43. The summed E-state index contributed by atoms with van der Waals surface area (Å²) in [4.78, 5) is 26.1. The van der Waals surface area contributed by atoms with Crippen molar-refractivity contribution >= 4 is 34.3 Å². The maximum atomic E-state index is 12.5. The second-order valence-corrected chi connectivity index (χ2v) is 7.82. The summed E-state index contributed by atoms with van der Waals surface area (Å²) in [6.07, 6.45) is 10.7. The van der Waals surface area contributed by atoms with E-state index in [0.717, 1.165) is 36.8 Å². The summed E-state index contributed by atoms with van der Waals surface area (Å²) in [7, 11) is 1.82. The predicted molar refractivity (Wildman–Crippen MR) is 107 cm³/mol. The van der Waals surface area contributed by atoms with Crippen LogP contribution in [0.3, 0.4) is 0 Å². The summed E-state index contributed by atoms with van der Waals surface area (Å²) >= 11 is 1.51. The molecule has 0 aromatic carbocycles. The number of carbonyl (C=O) groups is 2. The molecule has 0 saturated carbocycles. The zero-order chi connectivity index (χ0) is 19.4. The Morgan fingerprint density at radius 3 is 2.93 bits per heavy atom. The summed E-state index contributed by atoms with van der Waals surface area (Å²) in [6.45, 7) is 4.30. The quantitative estimate of drug-likeness (QED) is 0.604. The van der Waals surface area contributed by atoms with E-state index in [2.05, 4.69) is 17.3 Å². The first-order chi connectivity index (χ1) is 13.0. The Morgan fingerprint density at radius 1 is 1.44 bits per heavy atom. The fourth-order valence-corrected chi connectivity index (χ4v) is 4.71. The molecule has 2 heterocycles. The van der Waals surface area contributed by atoms with Crippen LogP contribution in [0.4, 0.5) is 5.00 Å². The molecule has 1 aliphatic rings. The number of hydrogen-bond acceptors (Lipinski definition) is 5. The van der Waals surface area contributed by atoms with Crippen LogP contribution < -0.4 is 5.32 Å². The van der Waals surface area contributed by atoms with Gasteiger partial charge in [0.1, 0.15) is 5.00 Å². The van der Waals surface area contributed by atoms with E-state index >= 15 is 0 Å². The fourth-order valence-electron chi connectivity index (χ4n) is 3.36. The molecule has 1 atom stereocenters. The van der Waals surface area contributed by atoms with Gasteiger partial charge in [0, 0.05) is 29.8 Å². The Labute approximate surface area is 163 Å². The maximum Gasteiger partial charge on any atom is 0.341 e. The van der Waals surface area contributed by atoms with Gasteiger partial charge in [-0.25, -0.2) is 4.79 Å². The van der Waals surface area contributed by atoms with E-state index in [9.17, 15) is 9.59 Å². The standard InChI is InChI=1S/C20H25N3O3S/c1-4-13-6-8-15-16(10-13)27-19(18(15)20(25)26-5-2)22-17(24)9-7-14-11-21-23(3)12-14/h7,9,11-13H,4-6,8,10H2,1-3H3,(H,22,24). The maximum absolute atomic E-state index is 12.5. The molecule has 0 spiro atoms. The highest BCUT2D eigenvalue weighted by atomic mass is 32.1. The van der Waals surface area contributed by atoms with E-state index < -0.39 is 0 Å². The monoisotopic (exact) mass is 387 g/mol. The molecule has 0 saturated heterocycles. The van der Waals surface area contributed by atoms with Gasteiger partial charge < -0.3 is 10.1 Å². The molecule has 1 amide bonds. The molecule has 7 heteroatoms. The normalized spacial score (nSPS) is 16.3. The molecule has 0 fully saturated rings. The third kappa shape index (κ3) is 4.47. The molecule has 1 aliphatic carbocycles. The Balaban J connectivity index is 1.83. The first kappa shape index (κ1) is 19.4. The Morgan fingerprint density at radius 2 is 2.26 bits per heavy atom. The van der Waals surface area contributed by atoms with Gasteiger partial charge in [-0.15, -0.1) is 11.3 Å². The van der Waals surface area contributed by atoms with Crippen molar-refractivity contribution in [3.05, 3.63) is 40.0 Å². The number of fused-ring (bicyclic) bond motifs is 1. The predicted octanol–water partition coefficient (Wildman–Crippen LogP) is 3.83. The third-order valence-electron chi connectivity index (χ3n) is 4.81. The van der Waals surface area contributed by atoms with Gasteiger partial charge in [-0.2, -0.15) is 5.10 Å². The van der Waals surface area contributed by atoms with E-state index in [1.807, 2.05) is 13.2 Å². The smallest absolute Gasteiger partial charge is 0.341 e. The summed E-state index contributed by atoms with van der Waals surface area (Å²) < 4.78 is 6.92. The van der Waals surface area contributed by atoms with Crippen LogP contribution in [0.25, 0.3) is 6.08 Å². The van der Waals surface area contributed by atoms with Gasteiger partial charge in [0.2, 0.25) is 5.91 Å². The van der Waals surface area contributed by atoms with Gasteiger partial charge in [-0.05, 0) is 43.7 Å². The van der Waals surface area contributed by atoms with Gasteiger partial charge in [-0.1, -0.05) is 13.3 Å². The van der Waals surface area contributed by atoms with Crippen LogP contribution in [-0.2, 0) is 29.4 Å². The van der Waals surface area contributed by atoms with Crippen LogP contribution in [0, 0.1) is 5.92 Å². The molecule has 2 aromatic rings. The van der Waals surface area contributed by atoms with Crippen molar-refractivity contribution in [3.8, 4) is 0 Å². The number of amides is 1. The lowest BCUT2D eigenvalue weighted by Gasteiger charge is -2.20. The molecule has 1 N–H and O–H groups in total. The minimum atomic E-state index is -0.350. The van der Waals surface area contributed by atoms with Crippen LogP contribution in [-0.4, -0.2) is 28.3 Å². The minimum Gasteiger partial charge on any atom is -0.462 e. The van der Waals surface area contributed by atoms with E-state index in [4.69, 9.17) is 4.74 Å². The molecular weight excluding hydrogens is 362 g/mol. The molecule has 6 nitrogen and oxygen atoms in total. The van der Waals surface area contributed by atoms with Crippen LogP contribution >= 0.6 is 11.3 Å². The van der Waals surface area contributed by atoms with Crippen molar-refractivity contribution in [3.63, 3.8) is 0 Å². The second kappa shape index (κ2) is 8.52. The first-order valence-electron chi connectivity index (χ1n) is 9.31. The number of esters is 1. The van der Waals surface area contributed by atoms with Gasteiger partial charge in [0.25, 0.3) is 0 Å². The molecule has 0 radical (unpaired) electrons. The number of thiophene rings is 1. The van der Waals surface area contributed by atoms with Crippen molar-refractivity contribution in [2.45, 2.75) is 39.5 Å². The van der Waals surface area contributed by atoms with Gasteiger partial charge in [-0.3, -0.25) is 9.48 Å². The molecule has 0 bridgehead atoms. The number of aryl methyl sites for hydroxylation is 1. The third-order valence-corrected chi connectivity index (χ3v) is 5.98. The first-order valence-corrected chi connectivity index (χ1v) is 10.1. The summed E-state index contributed by atoms with van der Waals surface area (Å²) in [5.74, 6) is 0.0201. The number of aromatic nitrogens is 2. The number of nitrogens with one attached hydrogen (secondary N) is 1. The van der Waals surface area contributed by atoms with Crippen molar-refractivity contribution in [2.24, 2.45) is 13.0 Å². The zero-order valence-corrected chi connectivity index (χ0v) is 16.8. The molecule has 2 aromatic heterocycles. The highest BCUT2D eigenvalue weighted by Crippen LogP contribution is 2.40. The molecule has 0 aliphatic heterocycles. The van der Waals surface area contributed by atoms with E-state index in [1.165, 1.54) is 22.3 Å². The molecule has 3 rings (SSSR count). The van der Waals surface area contributed by atoms with Crippen LogP contribution in [0.1, 0.15) is 53.1 Å². The van der Waals surface area contributed by atoms with Crippen molar-refractivity contribution < 1.29 is 14.3 Å². The van der Waals surface area contributed by atoms with Gasteiger partial charge >= 0.3 is 5.97 Å². The lowest BCUT2D eigenvalue weighted by molar-refractivity contribution is -0.111. The minimum absolute atomic E-state index is 0.268. The Hall–Kier alpha value is -2.41. The summed E-state index contributed by atoms with van der Waals surface area (Å²) in [6, 6.07) is 0.